The molecule has 1 N–H and O–H groups in total. The van der Waals surface area contributed by atoms with Crippen molar-refractivity contribution in [1.29, 1.82) is 0 Å². The monoisotopic (exact) mass is 228 g/mol. The lowest BCUT2D eigenvalue weighted by Crippen LogP contribution is -2.41. The van der Waals surface area contributed by atoms with Crippen LogP contribution in [0.1, 0.15) is 18.5 Å². The predicted octanol–water partition coefficient (Wildman–Crippen LogP) is 2.50. The average molecular weight is 229 g/mol. The summed E-state index contributed by atoms with van der Waals surface area (Å²) in [5.41, 5.74) is 1.21. The van der Waals surface area contributed by atoms with Crippen molar-refractivity contribution in [3.05, 3.63) is 29.0 Å². The molecule has 0 aromatic carbocycles. The van der Waals surface area contributed by atoms with Gasteiger partial charge in [0.15, 0.2) is 0 Å². The molecule has 1 atom stereocenters. The third-order valence-corrected chi connectivity index (χ3v) is 3.86. The molecule has 0 saturated carbocycles. The van der Waals surface area contributed by atoms with E-state index in [4.69, 9.17) is 11.6 Å². The van der Waals surface area contributed by atoms with Crippen LogP contribution in [0.15, 0.2) is 18.3 Å². The third kappa shape index (κ3) is 2.41. The van der Waals surface area contributed by atoms with Gasteiger partial charge in [-0.3, -0.25) is 0 Å². The van der Waals surface area contributed by atoms with Crippen LogP contribution in [0.25, 0.3) is 0 Å². The Bertz CT molecular complexity index is 315. The molecule has 2 rings (SSSR count). The predicted molar refractivity (Wildman–Crippen MR) is 61.9 cm³/mol. The van der Waals surface area contributed by atoms with Crippen LogP contribution in [0.3, 0.4) is 0 Å². The second kappa shape index (κ2) is 4.51. The molecule has 1 fully saturated rings. The highest BCUT2D eigenvalue weighted by Crippen LogP contribution is 2.22. The highest BCUT2D eigenvalue weighted by molar-refractivity contribution is 8.00. The molecule has 1 unspecified atom stereocenters. The Kier molecular flexibility index (Phi) is 3.31. The van der Waals surface area contributed by atoms with Crippen LogP contribution in [-0.4, -0.2) is 22.5 Å². The van der Waals surface area contributed by atoms with Gasteiger partial charge in [0, 0.05) is 29.8 Å². The van der Waals surface area contributed by atoms with Gasteiger partial charge in [-0.1, -0.05) is 11.6 Å². The molecule has 1 aromatic heterocycles. The highest BCUT2D eigenvalue weighted by Gasteiger charge is 2.20. The van der Waals surface area contributed by atoms with Crippen molar-refractivity contribution >= 4 is 23.4 Å². The molecule has 0 amide bonds. The second-order valence-corrected chi connectivity index (χ2v) is 5.00. The number of nitrogens with zero attached hydrogens (tertiary/aromatic N) is 1. The first-order valence-electron chi connectivity index (χ1n) is 4.71. The van der Waals surface area contributed by atoms with Gasteiger partial charge in [0.25, 0.3) is 0 Å². The molecule has 0 spiro atoms. The number of thioether (sulfide) groups is 1. The van der Waals surface area contributed by atoms with Crippen molar-refractivity contribution in [2.24, 2.45) is 0 Å². The van der Waals surface area contributed by atoms with E-state index in [1.165, 1.54) is 17.1 Å². The summed E-state index contributed by atoms with van der Waals surface area (Å²) < 4.78 is 0. The number of aromatic nitrogens is 1. The van der Waals surface area contributed by atoms with Gasteiger partial charge < -0.3 is 5.32 Å². The maximum absolute atomic E-state index is 5.83. The molecule has 2 heterocycles. The summed E-state index contributed by atoms with van der Waals surface area (Å²) >= 11 is 7.81. The summed E-state index contributed by atoms with van der Waals surface area (Å²) in [4.78, 5) is 3.97. The Morgan fingerprint density at radius 2 is 2.43 bits per heavy atom. The minimum atomic E-state index is 0.362. The van der Waals surface area contributed by atoms with Crippen molar-refractivity contribution in [3.8, 4) is 0 Å². The number of hydrogen-bond acceptors (Lipinski definition) is 3. The van der Waals surface area contributed by atoms with Gasteiger partial charge in [-0.25, -0.2) is 4.98 Å². The van der Waals surface area contributed by atoms with Crippen LogP contribution in [0.5, 0.6) is 0 Å². The van der Waals surface area contributed by atoms with E-state index >= 15 is 0 Å². The van der Waals surface area contributed by atoms with Crippen LogP contribution in [-0.2, 0) is 0 Å². The van der Waals surface area contributed by atoms with E-state index in [1.807, 2.05) is 23.9 Å². The van der Waals surface area contributed by atoms with Gasteiger partial charge in [-0.2, -0.15) is 11.8 Å². The van der Waals surface area contributed by atoms with Gasteiger partial charge >= 0.3 is 0 Å². The molecule has 76 valence electrons. The zero-order chi connectivity index (χ0) is 9.97. The van der Waals surface area contributed by atoms with Crippen LogP contribution in [0.4, 0.5) is 0 Å². The number of rotatable bonds is 3. The van der Waals surface area contributed by atoms with E-state index in [2.05, 4.69) is 17.2 Å². The third-order valence-electron chi connectivity index (χ3n) is 2.37. The van der Waals surface area contributed by atoms with E-state index in [1.54, 1.807) is 6.20 Å². The minimum Gasteiger partial charge on any atom is -0.306 e. The standard InChI is InChI=1S/C10H13ClN2S/c1-7(13-9-5-14-6-9)8-2-3-12-10(11)4-8/h2-4,7,9,13H,5-6H2,1H3. The van der Waals surface area contributed by atoms with E-state index in [0.717, 1.165) is 0 Å². The fraction of sp³-hybridized carbons (Fsp3) is 0.500. The SMILES string of the molecule is CC(NC1CSC1)c1ccnc(Cl)c1. The van der Waals surface area contributed by atoms with Crippen molar-refractivity contribution in [3.63, 3.8) is 0 Å². The van der Waals surface area contributed by atoms with Gasteiger partial charge in [0.1, 0.15) is 5.15 Å². The largest absolute Gasteiger partial charge is 0.306 e. The lowest BCUT2D eigenvalue weighted by atomic mass is 10.1. The van der Waals surface area contributed by atoms with Crippen molar-refractivity contribution in [1.82, 2.24) is 10.3 Å². The summed E-state index contributed by atoms with van der Waals surface area (Å²) in [5.74, 6) is 2.45. The summed E-state index contributed by atoms with van der Waals surface area (Å²) in [7, 11) is 0. The van der Waals surface area contributed by atoms with Crippen LogP contribution < -0.4 is 5.32 Å². The van der Waals surface area contributed by atoms with Crippen molar-refractivity contribution < 1.29 is 0 Å². The lowest BCUT2D eigenvalue weighted by molar-refractivity contribution is 0.502. The van der Waals surface area contributed by atoms with E-state index in [-0.39, 0.29) is 0 Å². The molecular weight excluding hydrogens is 216 g/mol. The smallest absolute Gasteiger partial charge is 0.129 e. The number of nitrogens with one attached hydrogen (secondary N) is 1. The molecule has 1 aromatic rings. The summed E-state index contributed by atoms with van der Waals surface area (Å²) in [5, 5.41) is 4.12. The Balaban J connectivity index is 1.98. The zero-order valence-corrected chi connectivity index (χ0v) is 9.61. The maximum Gasteiger partial charge on any atom is 0.129 e. The highest BCUT2D eigenvalue weighted by atomic mass is 35.5. The van der Waals surface area contributed by atoms with Crippen LogP contribution in [0.2, 0.25) is 5.15 Å². The second-order valence-electron chi connectivity index (χ2n) is 3.53. The van der Waals surface area contributed by atoms with E-state index in [0.29, 0.717) is 17.2 Å². The van der Waals surface area contributed by atoms with E-state index in [9.17, 15) is 0 Å². The number of pyridine rings is 1. The first-order valence-corrected chi connectivity index (χ1v) is 6.24. The Hall–Kier alpha value is -0.250. The van der Waals surface area contributed by atoms with Crippen molar-refractivity contribution in [2.45, 2.75) is 19.0 Å². The summed E-state index contributed by atoms with van der Waals surface area (Å²) in [6.07, 6.45) is 1.76. The first-order chi connectivity index (χ1) is 6.75. The quantitative estimate of drug-likeness (QED) is 0.805. The fourth-order valence-corrected chi connectivity index (χ4v) is 2.31. The molecular formula is C10H13ClN2S. The molecule has 0 bridgehead atoms. The summed E-state index contributed by atoms with van der Waals surface area (Å²) in [6.45, 7) is 2.16. The Morgan fingerprint density at radius 1 is 1.64 bits per heavy atom. The first kappa shape index (κ1) is 10.3. The zero-order valence-electron chi connectivity index (χ0n) is 8.03. The Labute approximate surface area is 93.4 Å². The molecule has 2 nitrogen and oxygen atoms in total. The van der Waals surface area contributed by atoms with Crippen molar-refractivity contribution in [2.75, 3.05) is 11.5 Å². The topological polar surface area (TPSA) is 24.9 Å². The molecule has 4 heteroatoms. The summed E-state index contributed by atoms with van der Waals surface area (Å²) in [6, 6.07) is 4.96. The van der Waals surface area contributed by atoms with Gasteiger partial charge in [-0.05, 0) is 24.6 Å². The minimum absolute atomic E-state index is 0.362. The maximum atomic E-state index is 5.83. The average Bonchev–Trinajstić information content (AvgIpc) is 2.11. The Morgan fingerprint density at radius 3 is 3.00 bits per heavy atom. The van der Waals surface area contributed by atoms with Gasteiger partial charge in [0.2, 0.25) is 0 Å². The molecule has 1 aliphatic rings. The fourth-order valence-electron chi connectivity index (χ4n) is 1.47. The molecule has 14 heavy (non-hydrogen) atoms. The number of halogens is 1. The van der Waals surface area contributed by atoms with Gasteiger partial charge in [-0.15, -0.1) is 0 Å². The molecule has 1 aliphatic heterocycles. The molecule has 0 aliphatic carbocycles. The van der Waals surface area contributed by atoms with Gasteiger partial charge in [0.05, 0.1) is 0 Å². The normalized spacial score (nSPS) is 19.0. The number of hydrogen-bond donors (Lipinski definition) is 1. The van der Waals surface area contributed by atoms with Crippen LogP contribution in [0, 0.1) is 0 Å². The molecule has 1 saturated heterocycles. The van der Waals surface area contributed by atoms with E-state index < -0.39 is 0 Å². The molecule has 0 radical (unpaired) electrons. The van der Waals surface area contributed by atoms with Crippen LogP contribution >= 0.6 is 23.4 Å². The lowest BCUT2D eigenvalue weighted by Gasteiger charge is -2.29.